The van der Waals surface area contributed by atoms with E-state index in [1.54, 1.807) is 24.3 Å². The number of carbonyl (C=O) groups is 2. The van der Waals surface area contributed by atoms with Crippen molar-refractivity contribution in [3.05, 3.63) is 59.7 Å². The lowest BCUT2D eigenvalue weighted by molar-refractivity contribution is -0.116. The first-order valence-electron chi connectivity index (χ1n) is 11.7. The van der Waals surface area contributed by atoms with Crippen LogP contribution in [0.4, 0.5) is 5.69 Å². The number of unbranched alkanes of at least 4 members (excludes halogenated alkanes) is 2. The van der Waals surface area contributed by atoms with E-state index in [0.29, 0.717) is 37.3 Å². The number of carbonyl (C=O) groups excluding carboxylic acids is 2. The summed E-state index contributed by atoms with van der Waals surface area (Å²) in [5.41, 5.74) is 2.60. The van der Waals surface area contributed by atoms with E-state index in [1.165, 1.54) is 5.56 Å². The van der Waals surface area contributed by atoms with Crippen LogP contribution in [0.3, 0.4) is 0 Å². The molecule has 174 valence electrons. The molecule has 1 N–H and O–H groups in total. The average Bonchev–Trinajstić information content (AvgIpc) is 2.80. The molecule has 0 unspecified atom stereocenters. The molecular weight excluding hydrogens is 402 g/mol. The van der Waals surface area contributed by atoms with Gasteiger partial charge in [-0.3, -0.25) is 4.79 Å². The fraction of sp³-hybridized carbons (Fsp3) is 0.481. The summed E-state index contributed by atoms with van der Waals surface area (Å²) in [7, 11) is 0. The third-order valence-electron chi connectivity index (χ3n) is 5.72. The van der Waals surface area contributed by atoms with Crippen molar-refractivity contribution in [2.24, 2.45) is 0 Å². The van der Waals surface area contributed by atoms with Crippen molar-refractivity contribution < 1.29 is 19.1 Å². The third-order valence-corrected chi connectivity index (χ3v) is 5.72. The second-order valence-electron chi connectivity index (χ2n) is 8.68. The summed E-state index contributed by atoms with van der Waals surface area (Å²) < 4.78 is 11.0. The molecule has 5 nitrogen and oxygen atoms in total. The lowest BCUT2D eigenvalue weighted by Crippen LogP contribution is -2.15. The van der Waals surface area contributed by atoms with Crippen LogP contribution in [0.25, 0.3) is 0 Å². The SMILES string of the molecule is CCCCCOC(=O)c1ccc(NC(=O)CCCOc2ccc(C(C)(C)CC)cc2)cc1. The first-order chi connectivity index (χ1) is 15.4. The molecule has 0 saturated carbocycles. The van der Waals surface area contributed by atoms with E-state index in [1.807, 2.05) is 12.1 Å². The van der Waals surface area contributed by atoms with Gasteiger partial charge in [0.2, 0.25) is 5.91 Å². The Morgan fingerprint density at radius 2 is 1.56 bits per heavy atom. The smallest absolute Gasteiger partial charge is 0.338 e. The summed E-state index contributed by atoms with van der Waals surface area (Å²) in [6, 6.07) is 15.0. The summed E-state index contributed by atoms with van der Waals surface area (Å²) in [5.74, 6) is 0.407. The van der Waals surface area contributed by atoms with E-state index in [0.717, 1.165) is 31.4 Å². The van der Waals surface area contributed by atoms with Gasteiger partial charge < -0.3 is 14.8 Å². The zero-order valence-corrected chi connectivity index (χ0v) is 19.9. The summed E-state index contributed by atoms with van der Waals surface area (Å²) >= 11 is 0. The van der Waals surface area contributed by atoms with Gasteiger partial charge in [-0.1, -0.05) is 52.7 Å². The number of hydrogen-bond donors (Lipinski definition) is 1. The number of hydrogen-bond acceptors (Lipinski definition) is 4. The van der Waals surface area contributed by atoms with Crippen molar-refractivity contribution in [2.45, 2.75) is 71.6 Å². The molecule has 0 atom stereocenters. The minimum atomic E-state index is -0.331. The van der Waals surface area contributed by atoms with Crippen molar-refractivity contribution in [3.63, 3.8) is 0 Å². The molecule has 0 aliphatic carbocycles. The number of ether oxygens (including phenoxy) is 2. The van der Waals surface area contributed by atoms with Crippen LogP contribution in [0.1, 0.15) is 82.1 Å². The zero-order chi connectivity index (χ0) is 23.4. The Hall–Kier alpha value is -2.82. The van der Waals surface area contributed by atoms with Crippen LogP contribution in [0.2, 0.25) is 0 Å². The molecule has 0 fully saturated rings. The van der Waals surface area contributed by atoms with Crippen LogP contribution in [0.15, 0.2) is 48.5 Å². The Labute approximate surface area is 192 Å². The fourth-order valence-electron chi connectivity index (χ4n) is 3.14. The molecule has 2 aromatic rings. The van der Waals surface area contributed by atoms with Crippen molar-refractivity contribution in [2.75, 3.05) is 18.5 Å². The Kier molecular flexibility index (Phi) is 10.3. The van der Waals surface area contributed by atoms with Gasteiger partial charge in [0.1, 0.15) is 5.75 Å². The number of esters is 1. The maximum atomic E-state index is 12.2. The molecule has 0 saturated heterocycles. The topological polar surface area (TPSA) is 64.6 Å². The predicted molar refractivity (Wildman–Crippen MR) is 129 cm³/mol. The van der Waals surface area contributed by atoms with Crippen molar-refractivity contribution in [3.8, 4) is 5.75 Å². The van der Waals surface area contributed by atoms with Crippen LogP contribution in [-0.2, 0) is 14.9 Å². The summed E-state index contributed by atoms with van der Waals surface area (Å²) in [4.78, 5) is 24.2. The Morgan fingerprint density at radius 3 is 2.19 bits per heavy atom. The van der Waals surface area contributed by atoms with E-state index in [2.05, 4.69) is 45.1 Å². The minimum absolute atomic E-state index is 0.0801. The molecule has 1 amide bonds. The molecule has 5 heteroatoms. The number of nitrogens with one attached hydrogen (secondary N) is 1. The molecule has 0 spiro atoms. The molecule has 2 aromatic carbocycles. The standard InChI is InChI=1S/C27H37NO4/c1-5-7-8-19-32-26(30)21-11-15-23(16-12-21)28-25(29)10-9-20-31-24-17-13-22(14-18-24)27(3,4)6-2/h11-18H,5-10,19-20H2,1-4H3,(H,28,29). The number of amides is 1. The number of benzene rings is 2. The highest BCUT2D eigenvalue weighted by Crippen LogP contribution is 2.28. The van der Waals surface area contributed by atoms with Gasteiger partial charge in [-0.15, -0.1) is 0 Å². The maximum Gasteiger partial charge on any atom is 0.338 e. The Balaban J connectivity index is 1.69. The molecule has 0 heterocycles. The second kappa shape index (κ2) is 12.9. The first kappa shape index (κ1) is 25.4. The number of rotatable bonds is 13. The normalized spacial score (nSPS) is 11.1. The molecular formula is C27H37NO4. The van der Waals surface area contributed by atoms with Gasteiger partial charge in [-0.2, -0.15) is 0 Å². The van der Waals surface area contributed by atoms with Crippen LogP contribution < -0.4 is 10.1 Å². The monoisotopic (exact) mass is 439 g/mol. The fourth-order valence-corrected chi connectivity index (χ4v) is 3.14. The van der Waals surface area contributed by atoms with Crippen molar-refractivity contribution in [1.82, 2.24) is 0 Å². The van der Waals surface area contributed by atoms with Gasteiger partial charge >= 0.3 is 5.97 Å². The van der Waals surface area contributed by atoms with Crippen molar-refractivity contribution >= 4 is 17.6 Å². The summed E-state index contributed by atoms with van der Waals surface area (Å²) in [6.45, 7) is 9.67. The summed E-state index contributed by atoms with van der Waals surface area (Å²) in [5, 5.41) is 2.85. The largest absolute Gasteiger partial charge is 0.494 e. The first-order valence-corrected chi connectivity index (χ1v) is 11.7. The van der Waals surface area contributed by atoms with Crippen LogP contribution in [-0.4, -0.2) is 25.1 Å². The van der Waals surface area contributed by atoms with E-state index in [-0.39, 0.29) is 17.3 Å². The highest BCUT2D eigenvalue weighted by Gasteiger charge is 2.17. The van der Waals surface area contributed by atoms with Gasteiger partial charge in [-0.05, 0) is 66.6 Å². The zero-order valence-electron chi connectivity index (χ0n) is 19.9. The third kappa shape index (κ3) is 8.37. The van der Waals surface area contributed by atoms with Gasteiger partial charge in [-0.25, -0.2) is 4.79 Å². The second-order valence-corrected chi connectivity index (χ2v) is 8.68. The Morgan fingerprint density at radius 1 is 0.875 bits per heavy atom. The molecule has 0 aromatic heterocycles. The highest BCUT2D eigenvalue weighted by atomic mass is 16.5. The molecule has 0 aliphatic heterocycles. The average molecular weight is 440 g/mol. The van der Waals surface area contributed by atoms with E-state index in [4.69, 9.17) is 9.47 Å². The lowest BCUT2D eigenvalue weighted by atomic mass is 9.82. The van der Waals surface area contributed by atoms with Gasteiger partial charge in [0.15, 0.2) is 0 Å². The predicted octanol–water partition coefficient (Wildman–Crippen LogP) is 6.52. The quantitative estimate of drug-likeness (QED) is 0.285. The van der Waals surface area contributed by atoms with Crippen LogP contribution >= 0.6 is 0 Å². The van der Waals surface area contributed by atoms with E-state index in [9.17, 15) is 9.59 Å². The molecule has 0 aliphatic rings. The maximum absolute atomic E-state index is 12.2. The molecule has 32 heavy (non-hydrogen) atoms. The van der Waals surface area contributed by atoms with Gasteiger partial charge in [0, 0.05) is 12.1 Å². The van der Waals surface area contributed by atoms with Crippen LogP contribution in [0, 0.1) is 0 Å². The lowest BCUT2D eigenvalue weighted by Gasteiger charge is -2.23. The number of anilines is 1. The van der Waals surface area contributed by atoms with Gasteiger partial charge in [0.25, 0.3) is 0 Å². The molecule has 0 bridgehead atoms. The van der Waals surface area contributed by atoms with Crippen LogP contribution in [0.5, 0.6) is 5.75 Å². The van der Waals surface area contributed by atoms with E-state index < -0.39 is 0 Å². The highest BCUT2D eigenvalue weighted by molar-refractivity contribution is 5.93. The molecule has 0 radical (unpaired) electrons. The van der Waals surface area contributed by atoms with Gasteiger partial charge in [0.05, 0.1) is 18.8 Å². The minimum Gasteiger partial charge on any atom is -0.494 e. The molecule has 2 rings (SSSR count). The van der Waals surface area contributed by atoms with E-state index >= 15 is 0 Å². The summed E-state index contributed by atoms with van der Waals surface area (Å²) in [6.07, 6.45) is 5.07. The Bertz CT molecular complexity index is 841. The van der Waals surface area contributed by atoms with Crippen molar-refractivity contribution in [1.29, 1.82) is 0 Å².